The molecule has 17 heavy (non-hydrogen) atoms. The van der Waals surface area contributed by atoms with Gasteiger partial charge in [0.15, 0.2) is 0 Å². The fraction of sp³-hybridized carbons (Fsp3) is 0.600. The molecule has 0 fully saturated rings. The van der Waals surface area contributed by atoms with Crippen LogP contribution in [0.4, 0.5) is 0 Å². The number of nitrogens with one attached hydrogen (secondary N) is 1. The third-order valence-corrected chi connectivity index (χ3v) is 3.03. The maximum atomic E-state index is 5.68. The van der Waals surface area contributed by atoms with Gasteiger partial charge < -0.3 is 10.1 Å². The summed E-state index contributed by atoms with van der Waals surface area (Å²) in [4.78, 5) is 0. The van der Waals surface area contributed by atoms with E-state index < -0.39 is 0 Å². The molecule has 2 nitrogen and oxygen atoms in total. The van der Waals surface area contributed by atoms with Crippen LogP contribution in [0.1, 0.15) is 33.1 Å². The van der Waals surface area contributed by atoms with Crippen molar-refractivity contribution >= 4 is 0 Å². The fourth-order valence-electron chi connectivity index (χ4n) is 1.88. The van der Waals surface area contributed by atoms with Crippen molar-refractivity contribution < 1.29 is 4.74 Å². The largest absolute Gasteiger partial charge is 0.494 e. The van der Waals surface area contributed by atoms with Gasteiger partial charge in [-0.2, -0.15) is 0 Å². The Labute approximate surface area is 105 Å². The summed E-state index contributed by atoms with van der Waals surface area (Å²) in [5.41, 5.74) is 0. The average Bonchev–Trinajstić information content (AvgIpc) is 2.39. The first-order chi connectivity index (χ1) is 8.36. The number of hydrogen-bond acceptors (Lipinski definition) is 2. The molecule has 96 valence electrons. The van der Waals surface area contributed by atoms with E-state index in [1.807, 2.05) is 30.3 Å². The second-order valence-electron chi connectivity index (χ2n) is 4.39. The van der Waals surface area contributed by atoms with Crippen LogP contribution in [0.2, 0.25) is 0 Å². The van der Waals surface area contributed by atoms with Crippen molar-refractivity contribution in [2.24, 2.45) is 5.92 Å². The highest BCUT2D eigenvalue weighted by Gasteiger charge is 2.05. The van der Waals surface area contributed by atoms with Gasteiger partial charge in [-0.15, -0.1) is 0 Å². The topological polar surface area (TPSA) is 21.3 Å². The predicted octanol–water partition coefficient (Wildman–Crippen LogP) is 3.48. The Hall–Kier alpha value is -1.02. The summed E-state index contributed by atoms with van der Waals surface area (Å²) in [7, 11) is 0. The second kappa shape index (κ2) is 9.06. The van der Waals surface area contributed by atoms with Gasteiger partial charge in [0, 0.05) is 0 Å². The van der Waals surface area contributed by atoms with Crippen molar-refractivity contribution in [3.05, 3.63) is 30.3 Å². The van der Waals surface area contributed by atoms with Gasteiger partial charge in [-0.25, -0.2) is 0 Å². The lowest BCUT2D eigenvalue weighted by molar-refractivity contribution is 0.288. The summed E-state index contributed by atoms with van der Waals surface area (Å²) >= 11 is 0. The minimum absolute atomic E-state index is 0.786. The number of para-hydroxylation sites is 1. The molecular weight excluding hydrogens is 210 g/mol. The monoisotopic (exact) mass is 235 g/mol. The third kappa shape index (κ3) is 6.32. The molecule has 0 aliphatic heterocycles. The van der Waals surface area contributed by atoms with Crippen LogP contribution in [0, 0.1) is 5.92 Å². The molecule has 1 N–H and O–H groups in total. The van der Waals surface area contributed by atoms with Crippen molar-refractivity contribution in [1.29, 1.82) is 0 Å². The van der Waals surface area contributed by atoms with Crippen molar-refractivity contribution in [1.82, 2.24) is 5.32 Å². The maximum absolute atomic E-state index is 5.68. The average molecular weight is 235 g/mol. The van der Waals surface area contributed by atoms with E-state index in [9.17, 15) is 0 Å². The molecule has 0 spiro atoms. The number of hydrogen-bond donors (Lipinski definition) is 1. The van der Waals surface area contributed by atoms with Crippen molar-refractivity contribution in [3.63, 3.8) is 0 Å². The van der Waals surface area contributed by atoms with E-state index in [0.29, 0.717) is 0 Å². The molecule has 1 rings (SSSR count). The number of benzene rings is 1. The van der Waals surface area contributed by atoms with Gasteiger partial charge in [0.05, 0.1) is 6.61 Å². The van der Waals surface area contributed by atoms with Crippen LogP contribution in [0.15, 0.2) is 30.3 Å². The van der Waals surface area contributed by atoms with Gasteiger partial charge in [0.1, 0.15) is 5.75 Å². The van der Waals surface area contributed by atoms with Crippen LogP contribution in [0.5, 0.6) is 5.75 Å². The smallest absolute Gasteiger partial charge is 0.119 e. The van der Waals surface area contributed by atoms with Crippen LogP contribution in [0.25, 0.3) is 0 Å². The first-order valence-electron chi connectivity index (χ1n) is 6.75. The standard InChI is InChI=1S/C15H25NO/c1-3-14(13-16-4-2)9-8-12-17-15-10-6-5-7-11-15/h5-7,10-11,14,16H,3-4,8-9,12-13H2,1-2H3. The molecule has 0 bridgehead atoms. The first-order valence-corrected chi connectivity index (χ1v) is 6.75. The quantitative estimate of drug-likeness (QED) is 0.662. The third-order valence-electron chi connectivity index (χ3n) is 3.03. The highest BCUT2D eigenvalue weighted by atomic mass is 16.5. The lowest BCUT2D eigenvalue weighted by atomic mass is 10.0. The molecule has 0 saturated carbocycles. The predicted molar refractivity (Wildman–Crippen MR) is 73.5 cm³/mol. The maximum Gasteiger partial charge on any atom is 0.119 e. The van der Waals surface area contributed by atoms with Crippen LogP contribution in [0.3, 0.4) is 0 Å². The van der Waals surface area contributed by atoms with Crippen molar-refractivity contribution in [3.8, 4) is 5.75 Å². The molecule has 1 atom stereocenters. The molecule has 0 aliphatic rings. The van der Waals surface area contributed by atoms with Gasteiger partial charge in [-0.1, -0.05) is 38.5 Å². The van der Waals surface area contributed by atoms with E-state index in [1.165, 1.54) is 12.8 Å². The van der Waals surface area contributed by atoms with E-state index >= 15 is 0 Å². The minimum atomic E-state index is 0.786. The second-order valence-corrected chi connectivity index (χ2v) is 4.39. The van der Waals surface area contributed by atoms with E-state index in [-0.39, 0.29) is 0 Å². The Morgan fingerprint density at radius 3 is 2.59 bits per heavy atom. The SMILES string of the molecule is CCNCC(CC)CCCOc1ccccc1. The molecule has 1 aromatic rings. The molecule has 0 heterocycles. The van der Waals surface area contributed by atoms with Gasteiger partial charge in [-0.05, 0) is 44.0 Å². The van der Waals surface area contributed by atoms with E-state index in [4.69, 9.17) is 4.74 Å². The lowest BCUT2D eigenvalue weighted by Crippen LogP contribution is -2.22. The highest BCUT2D eigenvalue weighted by Crippen LogP contribution is 2.12. The molecule has 0 amide bonds. The molecule has 0 aliphatic carbocycles. The molecule has 2 heteroatoms. The zero-order valence-corrected chi connectivity index (χ0v) is 11.1. The zero-order valence-electron chi connectivity index (χ0n) is 11.1. The minimum Gasteiger partial charge on any atom is -0.494 e. The molecule has 0 radical (unpaired) electrons. The Balaban J connectivity index is 2.10. The van der Waals surface area contributed by atoms with Crippen LogP contribution >= 0.6 is 0 Å². The first kappa shape index (κ1) is 14.0. The van der Waals surface area contributed by atoms with Gasteiger partial charge in [0.2, 0.25) is 0 Å². The van der Waals surface area contributed by atoms with Crippen molar-refractivity contribution in [2.75, 3.05) is 19.7 Å². The Morgan fingerprint density at radius 1 is 1.18 bits per heavy atom. The Bertz CT molecular complexity index is 274. The fourth-order valence-corrected chi connectivity index (χ4v) is 1.88. The molecule has 0 saturated heterocycles. The molecular formula is C15H25NO. The van der Waals surface area contributed by atoms with Gasteiger partial charge in [-0.3, -0.25) is 0 Å². The van der Waals surface area contributed by atoms with E-state index in [1.54, 1.807) is 0 Å². The number of rotatable bonds is 9. The summed E-state index contributed by atoms with van der Waals surface area (Å²) in [6.07, 6.45) is 3.63. The zero-order chi connectivity index (χ0) is 12.3. The summed E-state index contributed by atoms with van der Waals surface area (Å²) in [5.74, 6) is 1.77. The summed E-state index contributed by atoms with van der Waals surface area (Å²) in [5, 5.41) is 3.42. The molecule has 1 unspecified atom stereocenters. The van der Waals surface area contributed by atoms with E-state index in [2.05, 4.69) is 19.2 Å². The normalized spacial score (nSPS) is 12.4. The lowest BCUT2D eigenvalue weighted by Gasteiger charge is -2.15. The molecule has 0 aromatic heterocycles. The highest BCUT2D eigenvalue weighted by molar-refractivity contribution is 5.20. The van der Waals surface area contributed by atoms with Crippen molar-refractivity contribution in [2.45, 2.75) is 33.1 Å². The Kier molecular flexibility index (Phi) is 7.48. The summed E-state index contributed by atoms with van der Waals surface area (Å²) in [6, 6.07) is 10.0. The van der Waals surface area contributed by atoms with Crippen LogP contribution < -0.4 is 10.1 Å². The summed E-state index contributed by atoms with van der Waals surface area (Å²) < 4.78 is 5.68. The van der Waals surface area contributed by atoms with Gasteiger partial charge in [0.25, 0.3) is 0 Å². The molecule has 1 aromatic carbocycles. The van der Waals surface area contributed by atoms with Crippen LogP contribution in [-0.4, -0.2) is 19.7 Å². The van der Waals surface area contributed by atoms with Crippen LogP contribution in [-0.2, 0) is 0 Å². The number of ether oxygens (including phenoxy) is 1. The van der Waals surface area contributed by atoms with E-state index in [0.717, 1.165) is 37.8 Å². The Morgan fingerprint density at radius 2 is 1.94 bits per heavy atom. The summed E-state index contributed by atoms with van der Waals surface area (Å²) in [6.45, 7) is 7.45. The van der Waals surface area contributed by atoms with Gasteiger partial charge >= 0.3 is 0 Å².